The van der Waals surface area contributed by atoms with Crippen LogP contribution in [0.4, 0.5) is 5.69 Å². The summed E-state index contributed by atoms with van der Waals surface area (Å²) in [4.78, 5) is 23.9. The minimum Gasteiger partial charge on any atom is -0.454 e. The molecule has 0 unspecified atom stereocenters. The number of rotatable bonds is 4. The lowest BCUT2D eigenvalue weighted by Crippen LogP contribution is -2.21. The highest BCUT2D eigenvalue weighted by atomic mass is 35.5. The van der Waals surface area contributed by atoms with Crippen LogP contribution in [0.2, 0.25) is 10.0 Å². The number of nitrogens with one attached hydrogen (secondary N) is 1. The number of hydrogen-bond donors (Lipinski definition) is 1. The molecule has 0 fully saturated rings. The number of carbonyl (C=O) groups excluding carboxylic acids is 2. The summed E-state index contributed by atoms with van der Waals surface area (Å²) in [6.45, 7) is -0.336. The fourth-order valence-corrected chi connectivity index (χ4v) is 2.62. The summed E-state index contributed by atoms with van der Waals surface area (Å²) in [5.41, 5.74) is 0.521. The molecule has 1 heterocycles. The summed E-state index contributed by atoms with van der Waals surface area (Å²) in [5, 5.41) is 2.90. The maximum atomic E-state index is 12.0. The van der Waals surface area contributed by atoms with Gasteiger partial charge in [-0.2, -0.15) is 0 Å². The van der Waals surface area contributed by atoms with Gasteiger partial charge in [-0.05, 0) is 24.3 Å². The van der Waals surface area contributed by atoms with Crippen LogP contribution in [0.25, 0.3) is 0 Å². The van der Waals surface area contributed by atoms with Gasteiger partial charge in [0, 0.05) is 11.8 Å². The molecule has 124 valence electrons. The Bertz CT molecular complexity index is 789. The van der Waals surface area contributed by atoms with Crippen molar-refractivity contribution >= 4 is 40.8 Å². The first-order valence-corrected chi connectivity index (χ1v) is 7.61. The molecule has 0 saturated carbocycles. The van der Waals surface area contributed by atoms with E-state index in [0.29, 0.717) is 17.2 Å². The van der Waals surface area contributed by atoms with Crippen LogP contribution < -0.4 is 14.8 Å². The van der Waals surface area contributed by atoms with Gasteiger partial charge in [0.25, 0.3) is 5.91 Å². The first-order chi connectivity index (χ1) is 11.5. The number of anilines is 1. The van der Waals surface area contributed by atoms with Gasteiger partial charge >= 0.3 is 5.97 Å². The number of fused-ring (bicyclic) bond motifs is 1. The highest BCUT2D eigenvalue weighted by Crippen LogP contribution is 2.34. The van der Waals surface area contributed by atoms with Crippen LogP contribution in [0.15, 0.2) is 36.4 Å². The van der Waals surface area contributed by atoms with Crippen molar-refractivity contribution in [2.24, 2.45) is 0 Å². The predicted molar refractivity (Wildman–Crippen MR) is 87.9 cm³/mol. The Labute approximate surface area is 147 Å². The Balaban J connectivity index is 1.59. The molecular formula is C16H11Cl2NO5. The maximum Gasteiger partial charge on any atom is 0.341 e. The number of carbonyl (C=O) groups is 2. The maximum absolute atomic E-state index is 12.0. The van der Waals surface area contributed by atoms with E-state index in [0.717, 1.165) is 0 Å². The Morgan fingerprint density at radius 2 is 1.79 bits per heavy atom. The Kier molecular flexibility index (Phi) is 4.78. The van der Waals surface area contributed by atoms with Crippen molar-refractivity contribution < 1.29 is 23.8 Å². The minimum absolute atomic E-state index is 0.0247. The molecule has 1 amide bonds. The van der Waals surface area contributed by atoms with E-state index in [9.17, 15) is 9.59 Å². The third-order valence-corrected chi connectivity index (χ3v) is 3.79. The molecule has 2 aromatic carbocycles. The van der Waals surface area contributed by atoms with Crippen molar-refractivity contribution in [2.45, 2.75) is 0 Å². The van der Waals surface area contributed by atoms with Gasteiger partial charge in [-0.25, -0.2) is 4.79 Å². The molecule has 0 spiro atoms. The summed E-state index contributed by atoms with van der Waals surface area (Å²) in [6, 6.07) is 9.57. The average molecular weight is 368 g/mol. The van der Waals surface area contributed by atoms with E-state index in [-0.39, 0.29) is 22.4 Å². The fraction of sp³-hybridized carbons (Fsp3) is 0.125. The summed E-state index contributed by atoms with van der Waals surface area (Å²) in [5.74, 6) is -0.141. The third kappa shape index (κ3) is 3.55. The highest BCUT2D eigenvalue weighted by Gasteiger charge is 2.18. The van der Waals surface area contributed by atoms with Gasteiger partial charge in [-0.15, -0.1) is 0 Å². The van der Waals surface area contributed by atoms with Gasteiger partial charge in [-0.1, -0.05) is 29.3 Å². The fourth-order valence-electron chi connectivity index (χ4n) is 2.07. The second kappa shape index (κ2) is 6.98. The number of benzene rings is 2. The van der Waals surface area contributed by atoms with E-state index in [4.69, 9.17) is 37.4 Å². The van der Waals surface area contributed by atoms with Crippen LogP contribution >= 0.6 is 23.2 Å². The van der Waals surface area contributed by atoms with Crippen LogP contribution in [-0.4, -0.2) is 25.3 Å². The molecule has 6 nitrogen and oxygen atoms in total. The van der Waals surface area contributed by atoms with Crippen LogP contribution in [0, 0.1) is 0 Å². The predicted octanol–water partition coefficient (Wildman–Crippen LogP) is 3.52. The topological polar surface area (TPSA) is 73.9 Å². The molecule has 0 aliphatic carbocycles. The molecule has 3 rings (SSSR count). The summed E-state index contributed by atoms with van der Waals surface area (Å²) >= 11 is 11.8. The molecule has 24 heavy (non-hydrogen) atoms. The second-order valence-corrected chi connectivity index (χ2v) is 5.60. The van der Waals surface area contributed by atoms with E-state index in [2.05, 4.69) is 5.32 Å². The third-order valence-electron chi connectivity index (χ3n) is 3.16. The smallest absolute Gasteiger partial charge is 0.341 e. The zero-order chi connectivity index (χ0) is 17.1. The Hall–Kier alpha value is -2.44. The van der Waals surface area contributed by atoms with Crippen molar-refractivity contribution in [3.05, 3.63) is 52.0 Å². The van der Waals surface area contributed by atoms with Crippen molar-refractivity contribution in [2.75, 3.05) is 18.7 Å². The number of hydrogen-bond acceptors (Lipinski definition) is 5. The first kappa shape index (κ1) is 16.4. The molecule has 1 aliphatic heterocycles. The molecule has 0 radical (unpaired) electrons. The SMILES string of the molecule is O=C(COC(=O)c1c(Cl)cccc1Cl)Nc1ccc2c(c1)OCO2. The molecule has 1 N–H and O–H groups in total. The number of halogens is 2. The van der Waals surface area contributed by atoms with E-state index in [1.165, 1.54) is 12.1 Å². The molecule has 0 saturated heterocycles. The van der Waals surface area contributed by atoms with Gasteiger partial charge in [0.1, 0.15) is 0 Å². The van der Waals surface area contributed by atoms with Gasteiger partial charge in [0.15, 0.2) is 18.1 Å². The van der Waals surface area contributed by atoms with Crippen LogP contribution in [0.3, 0.4) is 0 Å². The summed E-state index contributed by atoms with van der Waals surface area (Å²) in [6.07, 6.45) is 0. The van der Waals surface area contributed by atoms with Gasteiger partial charge < -0.3 is 19.5 Å². The minimum atomic E-state index is -0.772. The number of amides is 1. The van der Waals surface area contributed by atoms with Crippen LogP contribution in [0.5, 0.6) is 11.5 Å². The molecule has 1 aliphatic rings. The van der Waals surface area contributed by atoms with E-state index >= 15 is 0 Å². The lowest BCUT2D eigenvalue weighted by Gasteiger charge is -2.09. The van der Waals surface area contributed by atoms with Crippen LogP contribution in [0.1, 0.15) is 10.4 Å². The number of ether oxygens (including phenoxy) is 3. The van der Waals surface area contributed by atoms with Crippen molar-refractivity contribution in [3.63, 3.8) is 0 Å². The standard InChI is InChI=1S/C16H11Cl2NO5/c17-10-2-1-3-11(18)15(10)16(21)22-7-14(20)19-9-4-5-12-13(6-9)24-8-23-12/h1-6H,7-8H2,(H,19,20). The van der Waals surface area contributed by atoms with Crippen LogP contribution in [-0.2, 0) is 9.53 Å². The van der Waals surface area contributed by atoms with E-state index < -0.39 is 18.5 Å². The van der Waals surface area contributed by atoms with Gasteiger partial charge in [0.05, 0.1) is 15.6 Å². The van der Waals surface area contributed by atoms with Crippen molar-refractivity contribution in [3.8, 4) is 11.5 Å². The molecule has 0 bridgehead atoms. The highest BCUT2D eigenvalue weighted by molar-refractivity contribution is 6.39. The molecular weight excluding hydrogens is 357 g/mol. The van der Waals surface area contributed by atoms with Gasteiger partial charge in [-0.3, -0.25) is 4.79 Å². The quantitative estimate of drug-likeness (QED) is 0.836. The first-order valence-electron chi connectivity index (χ1n) is 6.85. The van der Waals surface area contributed by atoms with Gasteiger partial charge in [0.2, 0.25) is 6.79 Å². The Morgan fingerprint density at radius 1 is 1.08 bits per heavy atom. The largest absolute Gasteiger partial charge is 0.454 e. The van der Waals surface area contributed by atoms with Crippen molar-refractivity contribution in [1.29, 1.82) is 0 Å². The summed E-state index contributed by atoms with van der Waals surface area (Å²) < 4.78 is 15.3. The summed E-state index contributed by atoms with van der Waals surface area (Å²) in [7, 11) is 0. The normalized spacial score (nSPS) is 11.9. The second-order valence-electron chi connectivity index (χ2n) is 4.79. The zero-order valence-electron chi connectivity index (χ0n) is 12.2. The van der Waals surface area contributed by atoms with E-state index in [1.54, 1.807) is 24.3 Å². The molecule has 0 atom stereocenters. The monoisotopic (exact) mass is 367 g/mol. The molecule has 0 aromatic heterocycles. The lowest BCUT2D eigenvalue weighted by molar-refractivity contribution is -0.119. The Morgan fingerprint density at radius 3 is 2.54 bits per heavy atom. The number of esters is 1. The molecule has 2 aromatic rings. The lowest BCUT2D eigenvalue weighted by atomic mass is 10.2. The van der Waals surface area contributed by atoms with Crippen molar-refractivity contribution in [1.82, 2.24) is 0 Å². The zero-order valence-corrected chi connectivity index (χ0v) is 13.7. The average Bonchev–Trinajstić information content (AvgIpc) is 3.00. The molecule has 8 heteroatoms. The van der Waals surface area contributed by atoms with E-state index in [1.807, 2.05) is 0 Å².